The van der Waals surface area contributed by atoms with Gasteiger partial charge in [0.2, 0.25) is 10.0 Å². The van der Waals surface area contributed by atoms with Crippen molar-refractivity contribution in [1.82, 2.24) is 9.62 Å². The zero-order valence-electron chi connectivity index (χ0n) is 15.4. The zero-order chi connectivity index (χ0) is 21.0. The maximum Gasteiger partial charge on any atom is 0.252 e. The van der Waals surface area contributed by atoms with Crippen molar-refractivity contribution in [2.75, 3.05) is 43.4 Å². The van der Waals surface area contributed by atoms with Crippen LogP contribution in [0.4, 0.5) is 5.69 Å². The molecule has 1 aliphatic rings. The fraction of sp³-hybridized carbons (Fsp3) is 0.316. The van der Waals surface area contributed by atoms with E-state index in [1.807, 2.05) is 24.3 Å². The monoisotopic (exact) mass is 475 g/mol. The topological polar surface area (TPSA) is 69.7 Å². The van der Waals surface area contributed by atoms with Gasteiger partial charge in [0.05, 0.1) is 27.0 Å². The van der Waals surface area contributed by atoms with E-state index in [0.717, 1.165) is 5.69 Å². The summed E-state index contributed by atoms with van der Waals surface area (Å²) < 4.78 is 26.7. The van der Waals surface area contributed by atoms with Crippen molar-refractivity contribution in [3.63, 3.8) is 0 Å². The summed E-state index contributed by atoms with van der Waals surface area (Å²) in [4.78, 5) is 14.3. The molecule has 0 unspecified atom stereocenters. The molecule has 29 heavy (non-hydrogen) atoms. The predicted octanol–water partition coefficient (Wildman–Crippen LogP) is 3.53. The summed E-state index contributed by atoms with van der Waals surface area (Å²) in [6, 6.07) is 12.0. The minimum atomic E-state index is -3.49. The Bertz CT molecular complexity index is 993. The van der Waals surface area contributed by atoms with E-state index in [1.165, 1.54) is 16.4 Å². The van der Waals surface area contributed by atoms with E-state index in [2.05, 4.69) is 10.2 Å². The van der Waals surface area contributed by atoms with E-state index in [4.69, 9.17) is 34.8 Å². The van der Waals surface area contributed by atoms with Gasteiger partial charge in [-0.25, -0.2) is 8.42 Å². The molecule has 10 heteroatoms. The zero-order valence-corrected chi connectivity index (χ0v) is 18.5. The number of amides is 1. The van der Waals surface area contributed by atoms with Crippen LogP contribution in [0.1, 0.15) is 10.4 Å². The van der Waals surface area contributed by atoms with E-state index < -0.39 is 15.9 Å². The summed E-state index contributed by atoms with van der Waals surface area (Å²) in [6.07, 6.45) is 0. The van der Waals surface area contributed by atoms with Gasteiger partial charge in [0.15, 0.2) is 0 Å². The first-order chi connectivity index (χ1) is 13.8. The Hall–Kier alpha value is -1.51. The normalized spacial score (nSPS) is 15.3. The Morgan fingerprint density at radius 2 is 1.66 bits per heavy atom. The first-order valence-corrected chi connectivity index (χ1v) is 11.7. The summed E-state index contributed by atoms with van der Waals surface area (Å²) in [5, 5.41) is 3.88. The molecule has 1 saturated heterocycles. The van der Waals surface area contributed by atoms with Crippen LogP contribution >= 0.6 is 34.8 Å². The quantitative estimate of drug-likeness (QED) is 0.692. The average Bonchev–Trinajstić information content (AvgIpc) is 2.68. The van der Waals surface area contributed by atoms with Crippen molar-refractivity contribution in [1.29, 1.82) is 0 Å². The molecule has 2 aromatic rings. The van der Waals surface area contributed by atoms with Gasteiger partial charge in [0.1, 0.15) is 0 Å². The van der Waals surface area contributed by atoms with Crippen molar-refractivity contribution >= 4 is 56.4 Å². The highest BCUT2D eigenvalue weighted by Gasteiger charge is 2.27. The van der Waals surface area contributed by atoms with Gasteiger partial charge < -0.3 is 10.2 Å². The van der Waals surface area contributed by atoms with Crippen LogP contribution in [-0.4, -0.2) is 57.1 Å². The number of nitrogens with zero attached hydrogens (tertiary/aromatic N) is 2. The lowest BCUT2D eigenvalue weighted by atomic mass is 10.2. The highest BCUT2D eigenvalue weighted by molar-refractivity contribution is 7.89. The third-order valence-corrected chi connectivity index (χ3v) is 7.39. The number of sulfonamides is 1. The molecule has 1 N–H and O–H groups in total. The number of para-hydroxylation sites is 1. The minimum absolute atomic E-state index is 0.00908. The highest BCUT2D eigenvalue weighted by atomic mass is 35.5. The van der Waals surface area contributed by atoms with Crippen LogP contribution in [0.3, 0.4) is 0 Å². The first-order valence-electron chi connectivity index (χ1n) is 8.98. The van der Waals surface area contributed by atoms with Crippen molar-refractivity contribution in [3.8, 4) is 0 Å². The number of carbonyl (C=O) groups is 1. The molecule has 0 spiro atoms. The molecule has 0 atom stereocenters. The van der Waals surface area contributed by atoms with Gasteiger partial charge in [-0.05, 0) is 30.3 Å². The maximum atomic E-state index is 12.6. The lowest BCUT2D eigenvalue weighted by Crippen LogP contribution is -2.50. The van der Waals surface area contributed by atoms with Gasteiger partial charge in [0, 0.05) is 37.7 Å². The number of rotatable bonds is 6. The molecular weight excluding hydrogens is 457 g/mol. The molecule has 0 aromatic heterocycles. The van der Waals surface area contributed by atoms with Gasteiger partial charge in [-0.2, -0.15) is 4.31 Å². The van der Waals surface area contributed by atoms with Crippen LogP contribution in [0, 0.1) is 0 Å². The Balaban J connectivity index is 1.51. The molecule has 1 aliphatic heterocycles. The van der Waals surface area contributed by atoms with Crippen LogP contribution in [0.25, 0.3) is 0 Å². The van der Waals surface area contributed by atoms with Crippen LogP contribution in [0.2, 0.25) is 15.1 Å². The number of nitrogens with one attached hydrogen (secondary N) is 1. The molecule has 1 amide bonds. The number of hydrogen-bond acceptors (Lipinski definition) is 4. The van der Waals surface area contributed by atoms with Gasteiger partial charge in [-0.15, -0.1) is 0 Å². The van der Waals surface area contributed by atoms with E-state index >= 15 is 0 Å². The minimum Gasteiger partial charge on any atom is -0.368 e. The van der Waals surface area contributed by atoms with Crippen LogP contribution in [0.15, 0.2) is 42.5 Å². The predicted molar refractivity (Wildman–Crippen MR) is 118 cm³/mol. The fourth-order valence-electron chi connectivity index (χ4n) is 3.11. The standard InChI is InChI=1S/C19H20Cl3N3O3S/c20-14-5-6-15(17(22)13-14)19(26)23-7-12-29(27,28)25-10-8-24(9-11-25)18-4-2-1-3-16(18)21/h1-6,13H,7-12H2,(H,23,26). The maximum absolute atomic E-state index is 12.6. The van der Waals surface area contributed by atoms with E-state index in [0.29, 0.717) is 36.2 Å². The molecule has 6 nitrogen and oxygen atoms in total. The number of benzene rings is 2. The number of carbonyl (C=O) groups excluding carboxylic acids is 1. The summed E-state index contributed by atoms with van der Waals surface area (Å²) in [5.74, 6) is -0.624. The second kappa shape index (κ2) is 9.53. The SMILES string of the molecule is O=C(NCCS(=O)(=O)N1CCN(c2ccccc2Cl)CC1)c1ccc(Cl)cc1Cl. The highest BCUT2D eigenvalue weighted by Crippen LogP contribution is 2.26. The molecule has 1 heterocycles. The molecule has 0 saturated carbocycles. The second-order valence-electron chi connectivity index (χ2n) is 6.53. The summed E-state index contributed by atoms with van der Waals surface area (Å²) in [6.45, 7) is 1.82. The van der Waals surface area contributed by atoms with Crippen LogP contribution in [0.5, 0.6) is 0 Å². The van der Waals surface area contributed by atoms with Gasteiger partial charge in [-0.3, -0.25) is 4.79 Å². The molecule has 2 aromatic carbocycles. The molecule has 3 rings (SSSR count). The lowest BCUT2D eigenvalue weighted by molar-refractivity contribution is 0.0956. The third-order valence-electron chi connectivity index (χ3n) is 4.65. The number of halogens is 3. The van der Waals surface area contributed by atoms with Gasteiger partial charge in [-0.1, -0.05) is 46.9 Å². The van der Waals surface area contributed by atoms with Gasteiger partial charge >= 0.3 is 0 Å². The Morgan fingerprint density at radius 3 is 2.31 bits per heavy atom. The van der Waals surface area contributed by atoms with Crippen LogP contribution < -0.4 is 10.2 Å². The molecule has 0 bridgehead atoms. The Labute approximate surface area is 185 Å². The number of piperazine rings is 1. The molecule has 1 fully saturated rings. The van der Waals surface area contributed by atoms with Crippen LogP contribution in [-0.2, 0) is 10.0 Å². The Morgan fingerprint density at radius 1 is 0.966 bits per heavy atom. The largest absolute Gasteiger partial charge is 0.368 e. The van der Waals surface area contributed by atoms with Crippen molar-refractivity contribution in [2.45, 2.75) is 0 Å². The lowest BCUT2D eigenvalue weighted by Gasteiger charge is -2.35. The fourth-order valence-corrected chi connectivity index (χ4v) is 5.19. The second-order valence-corrected chi connectivity index (χ2v) is 9.87. The molecule has 156 valence electrons. The van der Waals surface area contributed by atoms with Crippen molar-refractivity contribution in [2.24, 2.45) is 0 Å². The summed E-state index contributed by atoms with van der Waals surface area (Å²) in [5.41, 5.74) is 1.15. The third kappa shape index (κ3) is 5.55. The first kappa shape index (κ1) is 22.2. The molecular formula is C19H20Cl3N3O3S. The Kier molecular flexibility index (Phi) is 7.29. The van der Waals surface area contributed by atoms with Gasteiger partial charge in [0.25, 0.3) is 5.91 Å². The average molecular weight is 477 g/mol. The summed E-state index contributed by atoms with van der Waals surface area (Å²) in [7, 11) is -3.49. The van der Waals surface area contributed by atoms with E-state index in [1.54, 1.807) is 6.07 Å². The number of anilines is 1. The molecule has 0 aliphatic carbocycles. The molecule has 0 radical (unpaired) electrons. The van der Waals surface area contributed by atoms with Crippen molar-refractivity contribution < 1.29 is 13.2 Å². The number of hydrogen-bond donors (Lipinski definition) is 1. The van der Waals surface area contributed by atoms with Crippen molar-refractivity contribution in [3.05, 3.63) is 63.1 Å². The summed E-state index contributed by atoms with van der Waals surface area (Å²) >= 11 is 18.0. The smallest absolute Gasteiger partial charge is 0.252 e. The van der Waals surface area contributed by atoms with E-state index in [-0.39, 0.29) is 22.9 Å². The van der Waals surface area contributed by atoms with E-state index in [9.17, 15) is 13.2 Å².